The van der Waals surface area contributed by atoms with Crippen molar-refractivity contribution in [3.63, 3.8) is 0 Å². The molecule has 0 fully saturated rings. The zero-order chi connectivity index (χ0) is 3.58. The maximum atomic E-state index is 9.19. The molecule has 0 aromatic rings. The number of primary amides is 1. The predicted octanol–water partition coefficient (Wildman–Crippen LogP) is -0.388. The Bertz CT molecular complexity index is 31.0. The Morgan fingerprint density at radius 2 is 2.00 bits per heavy atom. The molecular weight excluding hydrogens is 143 g/mol. The molecule has 0 saturated heterocycles. The summed E-state index contributed by atoms with van der Waals surface area (Å²) in [5.74, 6) is 0. The van der Waals surface area contributed by atoms with Gasteiger partial charge in [-0.3, -0.25) is 0 Å². The SMILES string of the molecule is N[C](=O)[Ru]. The third-order valence-electron chi connectivity index (χ3n) is 0. The Hall–Kier alpha value is 0.0934. The average molecular weight is 145 g/mol. The van der Waals surface area contributed by atoms with Crippen LogP contribution in [-0.4, -0.2) is 4.50 Å². The van der Waals surface area contributed by atoms with Gasteiger partial charge in [0.1, 0.15) is 0 Å². The van der Waals surface area contributed by atoms with E-state index in [2.05, 4.69) is 5.73 Å². The summed E-state index contributed by atoms with van der Waals surface area (Å²) in [6.07, 6.45) is 0. The standard InChI is InChI=1S/CH2NO.Ru/c2-1-3;/h(H2,2,3);. The molecule has 0 aliphatic carbocycles. The van der Waals surface area contributed by atoms with Crippen molar-refractivity contribution in [2.75, 3.05) is 0 Å². The van der Waals surface area contributed by atoms with Crippen LogP contribution in [-0.2, 0) is 18.3 Å². The van der Waals surface area contributed by atoms with Gasteiger partial charge in [0.25, 0.3) is 0 Å². The van der Waals surface area contributed by atoms with Gasteiger partial charge in [0.05, 0.1) is 0 Å². The molecule has 25 valence electrons. The van der Waals surface area contributed by atoms with Crippen molar-refractivity contribution in [1.29, 1.82) is 0 Å². The van der Waals surface area contributed by atoms with Crippen molar-refractivity contribution in [3.8, 4) is 0 Å². The third-order valence-corrected chi connectivity index (χ3v) is 0. The van der Waals surface area contributed by atoms with Crippen molar-refractivity contribution in [2.45, 2.75) is 0 Å². The van der Waals surface area contributed by atoms with E-state index in [9.17, 15) is 4.79 Å². The van der Waals surface area contributed by atoms with E-state index in [0.717, 1.165) is 0 Å². The summed E-state index contributed by atoms with van der Waals surface area (Å²) >= 11 is 1.72. The van der Waals surface area contributed by atoms with Gasteiger partial charge >= 0.3 is 33.3 Å². The molecule has 0 aromatic carbocycles. The minimum atomic E-state index is -0.403. The van der Waals surface area contributed by atoms with Crippen molar-refractivity contribution >= 4 is 4.50 Å². The van der Waals surface area contributed by atoms with Gasteiger partial charge in [-0.2, -0.15) is 0 Å². The molecule has 0 saturated carbocycles. The molecule has 0 unspecified atom stereocenters. The molecule has 4 heavy (non-hydrogen) atoms. The van der Waals surface area contributed by atoms with Crippen LogP contribution in [0.1, 0.15) is 0 Å². The zero-order valence-electron chi connectivity index (χ0n) is 1.84. The van der Waals surface area contributed by atoms with Crippen LogP contribution in [0.4, 0.5) is 4.79 Å². The summed E-state index contributed by atoms with van der Waals surface area (Å²) in [4.78, 5) is 9.19. The maximum absolute atomic E-state index is 9.19. The van der Waals surface area contributed by atoms with E-state index in [1.54, 1.807) is 18.3 Å². The van der Waals surface area contributed by atoms with Crippen molar-refractivity contribution in [1.82, 2.24) is 0 Å². The molecule has 0 atom stereocenters. The number of rotatable bonds is 0. The molecule has 0 rings (SSSR count). The zero-order valence-corrected chi connectivity index (χ0v) is 3.58. The van der Waals surface area contributed by atoms with E-state index >= 15 is 0 Å². The van der Waals surface area contributed by atoms with Gasteiger partial charge in [-0.25, -0.2) is 0 Å². The molecule has 2 N–H and O–H groups in total. The van der Waals surface area contributed by atoms with Gasteiger partial charge in [0, 0.05) is 0 Å². The fourth-order valence-electron chi connectivity index (χ4n) is 0. The number of carbonyl (C=O) groups is 1. The van der Waals surface area contributed by atoms with Crippen LogP contribution in [0.2, 0.25) is 0 Å². The van der Waals surface area contributed by atoms with Crippen LogP contribution in [0.5, 0.6) is 0 Å². The molecule has 0 spiro atoms. The molecule has 0 bridgehead atoms. The first kappa shape index (κ1) is 4.09. The first-order valence-corrected chi connectivity index (χ1v) is 1.54. The second kappa shape index (κ2) is 1.42. The monoisotopic (exact) mass is 146 g/mol. The Morgan fingerprint density at radius 3 is 2.00 bits per heavy atom. The van der Waals surface area contributed by atoms with E-state index in [0.29, 0.717) is 0 Å². The first-order valence-electron chi connectivity index (χ1n) is 0.670. The van der Waals surface area contributed by atoms with Gasteiger partial charge in [-0.15, -0.1) is 0 Å². The van der Waals surface area contributed by atoms with Crippen LogP contribution < -0.4 is 5.73 Å². The van der Waals surface area contributed by atoms with Gasteiger partial charge < -0.3 is 0 Å². The van der Waals surface area contributed by atoms with E-state index in [1.165, 1.54) is 0 Å². The summed E-state index contributed by atoms with van der Waals surface area (Å²) in [5, 5.41) is 0. The summed E-state index contributed by atoms with van der Waals surface area (Å²) < 4.78 is -0.403. The van der Waals surface area contributed by atoms with E-state index in [1.807, 2.05) is 0 Å². The minimum absolute atomic E-state index is 0.403. The molecule has 0 aliphatic heterocycles. The van der Waals surface area contributed by atoms with Crippen molar-refractivity contribution in [2.24, 2.45) is 5.73 Å². The summed E-state index contributed by atoms with van der Waals surface area (Å²) in [7, 11) is 0. The molecule has 0 heterocycles. The second-order valence-corrected chi connectivity index (χ2v) is 1.15. The van der Waals surface area contributed by atoms with Gasteiger partial charge in [-0.05, 0) is 0 Å². The van der Waals surface area contributed by atoms with Crippen molar-refractivity contribution < 1.29 is 23.1 Å². The number of carbonyl (C=O) groups excluding carboxylic acids is 1. The van der Waals surface area contributed by atoms with Gasteiger partial charge in [0.15, 0.2) is 0 Å². The Labute approximate surface area is 34.0 Å². The Kier molecular flexibility index (Phi) is 1.45. The fraction of sp³-hybridized carbons (Fsp3) is 0. The second-order valence-electron chi connectivity index (χ2n) is 0.292. The van der Waals surface area contributed by atoms with Crippen LogP contribution in [0, 0.1) is 0 Å². The topological polar surface area (TPSA) is 43.1 Å². The van der Waals surface area contributed by atoms with Crippen LogP contribution in [0.25, 0.3) is 0 Å². The quantitative estimate of drug-likeness (QED) is 0.463. The summed E-state index contributed by atoms with van der Waals surface area (Å²) in [6.45, 7) is 0. The molecule has 0 radical (unpaired) electrons. The average Bonchev–Trinajstić information content (AvgIpc) is 0.811. The molecule has 3 heteroatoms. The normalized spacial score (nSPS) is 6.25. The summed E-state index contributed by atoms with van der Waals surface area (Å²) in [6, 6.07) is 0. The van der Waals surface area contributed by atoms with Gasteiger partial charge in [-0.1, -0.05) is 0 Å². The summed E-state index contributed by atoms with van der Waals surface area (Å²) in [5.41, 5.74) is 4.44. The van der Waals surface area contributed by atoms with Crippen LogP contribution in [0.15, 0.2) is 0 Å². The van der Waals surface area contributed by atoms with Crippen LogP contribution in [0.3, 0.4) is 0 Å². The van der Waals surface area contributed by atoms with E-state index in [4.69, 9.17) is 0 Å². The Morgan fingerprint density at radius 1 is 2.00 bits per heavy atom. The molecular formula is CH2NORu. The van der Waals surface area contributed by atoms with E-state index in [-0.39, 0.29) is 0 Å². The Balaban J connectivity index is 2.80. The molecule has 1 amide bonds. The van der Waals surface area contributed by atoms with Crippen LogP contribution >= 0.6 is 0 Å². The number of amides is 1. The van der Waals surface area contributed by atoms with Gasteiger partial charge in [0.2, 0.25) is 0 Å². The first-order chi connectivity index (χ1) is 1.73. The predicted molar refractivity (Wildman–Crippen MR) is 9.58 cm³/mol. The molecule has 0 aromatic heterocycles. The molecule has 2 nitrogen and oxygen atoms in total. The van der Waals surface area contributed by atoms with Crippen molar-refractivity contribution in [3.05, 3.63) is 0 Å². The van der Waals surface area contributed by atoms with E-state index < -0.39 is 4.50 Å². The number of hydrogen-bond donors (Lipinski definition) is 1. The number of nitrogens with two attached hydrogens (primary N) is 1. The fourth-order valence-corrected chi connectivity index (χ4v) is 0. The number of hydrogen-bond acceptors (Lipinski definition) is 1. The molecule has 0 aliphatic rings. The third kappa shape index (κ3) is 287.